The zero-order valence-electron chi connectivity index (χ0n) is 9.31. The Morgan fingerprint density at radius 1 is 1.11 bits per heavy atom. The van der Waals surface area contributed by atoms with Gasteiger partial charge in [-0.2, -0.15) is 22.0 Å². The van der Waals surface area contributed by atoms with Crippen LogP contribution in [0.2, 0.25) is 0 Å². The molecule has 0 aliphatic rings. The summed E-state index contributed by atoms with van der Waals surface area (Å²) in [7, 11) is 0. The average molecular weight is 269 g/mol. The van der Waals surface area contributed by atoms with Crippen LogP contribution in [0.25, 0.3) is 0 Å². The first-order chi connectivity index (χ1) is 8.22. The second-order valence-electron chi connectivity index (χ2n) is 3.73. The van der Waals surface area contributed by atoms with Crippen molar-refractivity contribution < 1.29 is 26.7 Å². The van der Waals surface area contributed by atoms with Crippen molar-refractivity contribution in [2.75, 3.05) is 12.3 Å². The molecule has 0 fully saturated rings. The lowest BCUT2D eigenvalue weighted by atomic mass is 10.2. The van der Waals surface area contributed by atoms with Crippen molar-refractivity contribution in [1.29, 1.82) is 0 Å². The van der Waals surface area contributed by atoms with Crippen LogP contribution in [0.3, 0.4) is 0 Å². The highest BCUT2D eigenvalue weighted by Gasteiger charge is 2.56. The Labute approximate surface area is 101 Å². The second-order valence-corrected chi connectivity index (χ2v) is 3.73. The predicted octanol–water partition coefficient (Wildman–Crippen LogP) is 3.63. The van der Waals surface area contributed by atoms with E-state index in [1.54, 1.807) is 12.1 Å². The molecule has 2 N–H and O–H groups in total. The van der Waals surface area contributed by atoms with Gasteiger partial charge in [0.05, 0.1) is 6.61 Å². The Balaban J connectivity index is 2.35. The minimum atomic E-state index is -5.51. The quantitative estimate of drug-likeness (QED) is 0.503. The maximum Gasteiger partial charge on any atom is 0.453 e. The molecule has 1 aromatic carbocycles. The van der Waals surface area contributed by atoms with Crippen LogP contribution in [0, 0.1) is 0 Å². The van der Waals surface area contributed by atoms with Crippen LogP contribution in [-0.4, -0.2) is 18.7 Å². The molecule has 0 radical (unpaired) electrons. The first kappa shape index (κ1) is 14.5. The lowest BCUT2D eigenvalue weighted by Gasteiger charge is -2.19. The van der Waals surface area contributed by atoms with Gasteiger partial charge in [0.1, 0.15) is 5.75 Å². The number of benzene rings is 1. The Kier molecular flexibility index (Phi) is 4.37. The third kappa shape index (κ3) is 4.05. The van der Waals surface area contributed by atoms with Gasteiger partial charge >= 0.3 is 12.1 Å². The summed E-state index contributed by atoms with van der Waals surface area (Å²) >= 11 is 0. The summed E-state index contributed by atoms with van der Waals surface area (Å²) in [4.78, 5) is 0. The monoisotopic (exact) mass is 269 g/mol. The lowest BCUT2D eigenvalue weighted by Crippen LogP contribution is -2.36. The number of alkyl halides is 5. The van der Waals surface area contributed by atoms with Gasteiger partial charge in [-0.05, 0) is 18.6 Å². The zero-order valence-corrected chi connectivity index (χ0v) is 9.31. The largest absolute Gasteiger partial charge is 0.494 e. The molecular formula is C11H12F5NO. The summed E-state index contributed by atoms with van der Waals surface area (Å²) in [6.07, 6.45) is -7.20. The van der Waals surface area contributed by atoms with Gasteiger partial charge in [0.25, 0.3) is 0 Å². The van der Waals surface area contributed by atoms with Crippen molar-refractivity contribution in [3.63, 3.8) is 0 Å². The normalized spacial score (nSPS) is 12.5. The molecule has 0 atom stereocenters. The SMILES string of the molecule is Nc1cccc(OCCCC(F)(F)C(F)(F)F)c1. The maximum absolute atomic E-state index is 12.5. The van der Waals surface area contributed by atoms with E-state index in [0.717, 1.165) is 0 Å². The van der Waals surface area contributed by atoms with Crippen LogP contribution in [0.1, 0.15) is 12.8 Å². The molecule has 0 amide bonds. The van der Waals surface area contributed by atoms with Crippen LogP contribution in [0.5, 0.6) is 5.75 Å². The van der Waals surface area contributed by atoms with Gasteiger partial charge < -0.3 is 10.5 Å². The van der Waals surface area contributed by atoms with E-state index in [9.17, 15) is 22.0 Å². The minimum Gasteiger partial charge on any atom is -0.494 e. The molecule has 1 rings (SSSR count). The Morgan fingerprint density at radius 2 is 1.78 bits per heavy atom. The molecular weight excluding hydrogens is 257 g/mol. The number of anilines is 1. The van der Waals surface area contributed by atoms with Gasteiger partial charge in [-0.3, -0.25) is 0 Å². The zero-order chi connectivity index (χ0) is 13.8. The highest BCUT2D eigenvalue weighted by atomic mass is 19.4. The second kappa shape index (κ2) is 5.41. The first-order valence-electron chi connectivity index (χ1n) is 5.15. The van der Waals surface area contributed by atoms with Crippen molar-refractivity contribution in [2.45, 2.75) is 24.9 Å². The third-order valence-corrected chi connectivity index (χ3v) is 2.18. The predicted molar refractivity (Wildman–Crippen MR) is 56.6 cm³/mol. The van der Waals surface area contributed by atoms with Crippen molar-refractivity contribution in [3.8, 4) is 5.75 Å². The lowest BCUT2D eigenvalue weighted by molar-refractivity contribution is -0.284. The van der Waals surface area contributed by atoms with Gasteiger partial charge in [-0.25, -0.2) is 0 Å². The van der Waals surface area contributed by atoms with Crippen molar-refractivity contribution in [1.82, 2.24) is 0 Å². The maximum atomic E-state index is 12.5. The molecule has 0 bridgehead atoms. The molecule has 102 valence electrons. The summed E-state index contributed by atoms with van der Waals surface area (Å²) in [5.41, 5.74) is 5.86. The van der Waals surface area contributed by atoms with Crippen LogP contribution >= 0.6 is 0 Å². The number of hydrogen-bond donors (Lipinski definition) is 1. The number of halogens is 5. The summed E-state index contributed by atoms with van der Waals surface area (Å²) in [5.74, 6) is -4.34. The molecule has 1 aromatic rings. The minimum absolute atomic E-state index is 0.227. The summed E-state index contributed by atoms with van der Waals surface area (Å²) in [6, 6.07) is 6.19. The van der Waals surface area contributed by atoms with Gasteiger partial charge in [-0.1, -0.05) is 6.07 Å². The van der Waals surface area contributed by atoms with Crippen LogP contribution < -0.4 is 10.5 Å². The van der Waals surface area contributed by atoms with E-state index < -0.39 is 24.9 Å². The summed E-state index contributed by atoms with van der Waals surface area (Å²) in [6.45, 7) is -0.227. The van der Waals surface area contributed by atoms with Gasteiger partial charge in [0.2, 0.25) is 0 Å². The molecule has 7 heteroatoms. The average Bonchev–Trinajstić information content (AvgIpc) is 2.23. The Hall–Kier alpha value is -1.53. The van der Waals surface area contributed by atoms with Gasteiger partial charge in [0.15, 0.2) is 0 Å². The topological polar surface area (TPSA) is 35.2 Å². The Morgan fingerprint density at radius 3 is 2.33 bits per heavy atom. The standard InChI is InChI=1S/C11H12F5NO/c12-10(13,11(14,15)16)5-2-6-18-9-4-1-3-8(17)7-9/h1,3-4,7H,2,5-6,17H2. The highest BCUT2D eigenvalue weighted by Crippen LogP contribution is 2.38. The molecule has 0 heterocycles. The van der Waals surface area contributed by atoms with Gasteiger partial charge in [-0.15, -0.1) is 0 Å². The van der Waals surface area contributed by atoms with Crippen LogP contribution in [0.15, 0.2) is 24.3 Å². The summed E-state index contributed by atoms with van der Waals surface area (Å²) < 4.78 is 65.5. The van der Waals surface area contributed by atoms with E-state index in [1.165, 1.54) is 12.1 Å². The molecule has 0 aliphatic heterocycles. The third-order valence-electron chi connectivity index (χ3n) is 2.18. The van der Waals surface area contributed by atoms with E-state index in [4.69, 9.17) is 10.5 Å². The summed E-state index contributed by atoms with van der Waals surface area (Å²) in [5, 5.41) is 0. The fraction of sp³-hybridized carbons (Fsp3) is 0.455. The molecule has 0 aliphatic carbocycles. The number of nitrogen functional groups attached to an aromatic ring is 1. The molecule has 0 unspecified atom stereocenters. The highest BCUT2D eigenvalue weighted by molar-refractivity contribution is 5.43. The number of hydrogen-bond acceptors (Lipinski definition) is 2. The smallest absolute Gasteiger partial charge is 0.453 e. The molecule has 0 saturated carbocycles. The molecule has 0 spiro atoms. The number of rotatable bonds is 5. The number of nitrogens with two attached hydrogens (primary N) is 1. The molecule has 2 nitrogen and oxygen atoms in total. The van der Waals surface area contributed by atoms with Crippen molar-refractivity contribution in [2.24, 2.45) is 0 Å². The van der Waals surface area contributed by atoms with Crippen molar-refractivity contribution >= 4 is 5.69 Å². The number of ether oxygens (including phenoxy) is 1. The molecule has 18 heavy (non-hydrogen) atoms. The molecule has 0 aromatic heterocycles. The molecule has 0 saturated heterocycles. The fourth-order valence-corrected chi connectivity index (χ4v) is 1.23. The van der Waals surface area contributed by atoms with Gasteiger partial charge in [0, 0.05) is 18.2 Å². The Bertz CT molecular complexity index is 391. The fourth-order valence-electron chi connectivity index (χ4n) is 1.23. The van der Waals surface area contributed by atoms with Crippen LogP contribution in [0.4, 0.5) is 27.6 Å². The van der Waals surface area contributed by atoms with E-state index >= 15 is 0 Å². The van der Waals surface area contributed by atoms with Crippen molar-refractivity contribution in [3.05, 3.63) is 24.3 Å². The van der Waals surface area contributed by atoms with E-state index in [-0.39, 0.29) is 6.61 Å². The van der Waals surface area contributed by atoms with E-state index in [2.05, 4.69) is 0 Å². The van der Waals surface area contributed by atoms with Crippen LogP contribution in [-0.2, 0) is 0 Å². The van der Waals surface area contributed by atoms with E-state index in [1.807, 2.05) is 0 Å². The first-order valence-corrected chi connectivity index (χ1v) is 5.15. The van der Waals surface area contributed by atoms with E-state index in [0.29, 0.717) is 11.4 Å².